The van der Waals surface area contributed by atoms with E-state index in [2.05, 4.69) is 0 Å². The first-order valence-corrected chi connectivity index (χ1v) is 7.38. The van der Waals surface area contributed by atoms with E-state index in [1.165, 1.54) is 17.7 Å². The van der Waals surface area contributed by atoms with Crippen LogP contribution in [0.4, 0.5) is 4.39 Å². The van der Waals surface area contributed by atoms with Gasteiger partial charge < -0.3 is 14.6 Å². The van der Waals surface area contributed by atoms with Crippen LogP contribution in [0.1, 0.15) is 29.9 Å². The predicted molar refractivity (Wildman–Crippen MR) is 82.2 cm³/mol. The third-order valence-corrected chi connectivity index (χ3v) is 3.91. The second-order valence-corrected chi connectivity index (χ2v) is 5.54. The monoisotopic (exact) mass is 302 g/mol. The first-order chi connectivity index (χ1) is 10.7. The molecular weight excluding hydrogens is 283 g/mol. The van der Waals surface area contributed by atoms with Crippen molar-refractivity contribution in [2.75, 3.05) is 13.9 Å². The molecule has 1 N–H and O–H groups in total. The predicted octanol–water partition coefficient (Wildman–Crippen LogP) is 3.85. The van der Waals surface area contributed by atoms with E-state index >= 15 is 0 Å². The largest absolute Gasteiger partial charge is 0.467 e. The molecule has 0 unspecified atom stereocenters. The summed E-state index contributed by atoms with van der Waals surface area (Å²) >= 11 is 0. The van der Waals surface area contributed by atoms with E-state index in [0.29, 0.717) is 11.7 Å². The van der Waals surface area contributed by atoms with Gasteiger partial charge in [0.2, 0.25) is 0 Å². The molecule has 0 heterocycles. The van der Waals surface area contributed by atoms with Gasteiger partial charge in [0.25, 0.3) is 0 Å². The highest BCUT2D eigenvalue weighted by atomic mass is 19.1. The van der Waals surface area contributed by atoms with E-state index in [0.717, 1.165) is 29.5 Å². The summed E-state index contributed by atoms with van der Waals surface area (Å²) < 4.78 is 23.7. The van der Waals surface area contributed by atoms with Crippen molar-refractivity contribution in [1.82, 2.24) is 0 Å². The second-order valence-electron chi connectivity index (χ2n) is 5.54. The Morgan fingerprint density at radius 2 is 1.91 bits per heavy atom. The maximum absolute atomic E-state index is 13.2. The molecule has 2 aromatic rings. The smallest absolute Gasteiger partial charge is 0.188 e. The van der Waals surface area contributed by atoms with Gasteiger partial charge in [0.15, 0.2) is 6.79 Å². The molecule has 0 radical (unpaired) electrons. The number of benzene rings is 2. The van der Waals surface area contributed by atoms with Gasteiger partial charge in [-0.2, -0.15) is 0 Å². The quantitative estimate of drug-likeness (QED) is 0.824. The van der Waals surface area contributed by atoms with Gasteiger partial charge in [-0.25, -0.2) is 4.39 Å². The zero-order valence-electron chi connectivity index (χ0n) is 12.5. The van der Waals surface area contributed by atoms with Crippen molar-refractivity contribution >= 4 is 0 Å². The molecule has 22 heavy (non-hydrogen) atoms. The minimum Gasteiger partial charge on any atom is -0.467 e. The second kappa shape index (κ2) is 6.46. The maximum Gasteiger partial charge on any atom is 0.188 e. The lowest BCUT2D eigenvalue weighted by molar-refractivity contribution is 0.0495. The molecule has 1 aliphatic carbocycles. The average Bonchev–Trinajstić information content (AvgIpc) is 3.37. The highest BCUT2D eigenvalue weighted by Crippen LogP contribution is 2.46. The number of methoxy groups -OCH3 is 1. The molecule has 0 atom stereocenters. The normalized spacial score (nSPS) is 14.1. The van der Waals surface area contributed by atoms with Crippen molar-refractivity contribution in [2.24, 2.45) is 0 Å². The van der Waals surface area contributed by atoms with Crippen LogP contribution in [0, 0.1) is 5.82 Å². The third kappa shape index (κ3) is 3.13. The van der Waals surface area contributed by atoms with Crippen LogP contribution in [0.25, 0.3) is 11.1 Å². The number of hydrogen-bond donors (Lipinski definition) is 1. The zero-order valence-corrected chi connectivity index (χ0v) is 12.5. The Kier molecular flexibility index (Phi) is 4.41. The van der Waals surface area contributed by atoms with E-state index < -0.39 is 0 Å². The fourth-order valence-electron chi connectivity index (χ4n) is 2.64. The number of aliphatic hydroxyl groups is 1. The lowest BCUT2D eigenvalue weighted by Gasteiger charge is -2.16. The molecule has 2 aromatic carbocycles. The molecule has 1 fully saturated rings. The molecule has 0 bridgehead atoms. The SMILES string of the molecule is COCOc1cc(-c2ccc(F)cc2)c(C2CC2)cc1CO. The maximum atomic E-state index is 13.2. The van der Waals surface area contributed by atoms with Crippen LogP contribution in [0.5, 0.6) is 5.75 Å². The number of hydrogen-bond acceptors (Lipinski definition) is 3. The number of rotatable bonds is 6. The lowest BCUT2D eigenvalue weighted by Crippen LogP contribution is -2.03. The molecule has 0 amide bonds. The van der Waals surface area contributed by atoms with Crippen LogP contribution in [0.3, 0.4) is 0 Å². The van der Waals surface area contributed by atoms with Gasteiger partial charge in [-0.15, -0.1) is 0 Å². The van der Waals surface area contributed by atoms with Gasteiger partial charge in [-0.1, -0.05) is 12.1 Å². The van der Waals surface area contributed by atoms with Gasteiger partial charge in [-0.05, 0) is 59.7 Å². The molecule has 0 saturated heterocycles. The van der Waals surface area contributed by atoms with Crippen molar-refractivity contribution in [2.45, 2.75) is 25.4 Å². The van der Waals surface area contributed by atoms with Gasteiger partial charge in [0.05, 0.1) is 6.61 Å². The van der Waals surface area contributed by atoms with Crippen LogP contribution in [0.2, 0.25) is 0 Å². The minimum atomic E-state index is -0.250. The van der Waals surface area contributed by atoms with Crippen LogP contribution in [-0.2, 0) is 11.3 Å². The van der Waals surface area contributed by atoms with Gasteiger partial charge in [0.1, 0.15) is 11.6 Å². The summed E-state index contributed by atoms with van der Waals surface area (Å²) in [5.74, 6) is 0.870. The van der Waals surface area contributed by atoms with Gasteiger partial charge in [0, 0.05) is 12.7 Å². The molecule has 3 nitrogen and oxygen atoms in total. The Morgan fingerprint density at radius 1 is 1.18 bits per heavy atom. The van der Waals surface area contributed by atoms with Crippen LogP contribution >= 0.6 is 0 Å². The van der Waals surface area contributed by atoms with E-state index in [1.807, 2.05) is 12.1 Å². The molecule has 3 rings (SSSR count). The molecule has 4 heteroatoms. The highest BCUT2D eigenvalue weighted by Gasteiger charge is 2.27. The Labute approximate surface area is 129 Å². The summed E-state index contributed by atoms with van der Waals surface area (Å²) in [6.07, 6.45) is 2.30. The first-order valence-electron chi connectivity index (χ1n) is 7.38. The van der Waals surface area contributed by atoms with E-state index in [1.54, 1.807) is 19.2 Å². The van der Waals surface area contributed by atoms with Crippen LogP contribution < -0.4 is 4.74 Å². The number of ether oxygens (including phenoxy) is 2. The Balaban J connectivity index is 2.07. The standard InChI is InChI=1S/C18H19FO3/c1-21-11-22-18-9-17(13-4-6-15(19)7-5-13)16(12-2-3-12)8-14(18)10-20/h4-9,12,20H,2-3,10-11H2,1H3. The summed E-state index contributed by atoms with van der Waals surface area (Å²) in [5, 5.41) is 9.57. The summed E-state index contributed by atoms with van der Waals surface area (Å²) in [6, 6.07) is 10.4. The Hall–Kier alpha value is -1.91. The fraction of sp³-hybridized carbons (Fsp3) is 0.333. The van der Waals surface area contributed by atoms with E-state index in [4.69, 9.17) is 9.47 Å². The molecule has 116 valence electrons. The van der Waals surface area contributed by atoms with Crippen LogP contribution in [0.15, 0.2) is 36.4 Å². The van der Waals surface area contributed by atoms with Crippen LogP contribution in [-0.4, -0.2) is 19.0 Å². The van der Waals surface area contributed by atoms with Crippen molar-refractivity contribution < 1.29 is 19.0 Å². The summed E-state index contributed by atoms with van der Waals surface area (Å²) in [7, 11) is 1.55. The molecule has 1 saturated carbocycles. The van der Waals surface area contributed by atoms with Crippen molar-refractivity contribution in [3.63, 3.8) is 0 Å². The molecule has 0 spiro atoms. The topological polar surface area (TPSA) is 38.7 Å². The molecule has 0 aromatic heterocycles. The van der Waals surface area contributed by atoms with Crippen molar-refractivity contribution in [3.8, 4) is 16.9 Å². The summed E-state index contributed by atoms with van der Waals surface area (Å²) in [5.41, 5.74) is 3.94. The zero-order chi connectivity index (χ0) is 15.5. The Morgan fingerprint density at radius 3 is 2.50 bits per heavy atom. The van der Waals surface area contributed by atoms with Crippen molar-refractivity contribution in [3.05, 3.63) is 53.3 Å². The van der Waals surface area contributed by atoms with Crippen molar-refractivity contribution in [1.29, 1.82) is 0 Å². The average molecular weight is 302 g/mol. The fourth-order valence-corrected chi connectivity index (χ4v) is 2.64. The van der Waals surface area contributed by atoms with Gasteiger partial charge >= 0.3 is 0 Å². The molecule has 1 aliphatic rings. The third-order valence-electron chi connectivity index (χ3n) is 3.91. The first kappa shape index (κ1) is 15.0. The lowest BCUT2D eigenvalue weighted by atomic mass is 9.94. The number of halogens is 1. The number of aliphatic hydroxyl groups excluding tert-OH is 1. The molecule has 0 aliphatic heterocycles. The van der Waals surface area contributed by atoms with E-state index in [9.17, 15) is 9.50 Å². The Bertz CT molecular complexity index is 648. The van der Waals surface area contributed by atoms with Gasteiger partial charge in [-0.3, -0.25) is 0 Å². The highest BCUT2D eigenvalue weighted by molar-refractivity contribution is 5.71. The summed E-state index contributed by atoms with van der Waals surface area (Å²) in [4.78, 5) is 0. The molecular formula is C18H19FO3. The minimum absolute atomic E-state index is 0.0809. The van der Waals surface area contributed by atoms with E-state index in [-0.39, 0.29) is 19.2 Å². The summed E-state index contributed by atoms with van der Waals surface area (Å²) in [6.45, 7) is 0.0428.